The normalized spacial score (nSPS) is 14.1. The van der Waals surface area contributed by atoms with Gasteiger partial charge in [-0.3, -0.25) is 0 Å². The van der Waals surface area contributed by atoms with Gasteiger partial charge < -0.3 is 9.80 Å². The van der Waals surface area contributed by atoms with Gasteiger partial charge in [0.15, 0.2) is 0 Å². The van der Waals surface area contributed by atoms with E-state index >= 15 is 0 Å². The predicted octanol–water partition coefficient (Wildman–Crippen LogP) is 19.7. The maximum absolute atomic E-state index is 9.45. The highest BCUT2D eigenvalue weighted by atomic mass is 15.2. The van der Waals surface area contributed by atoms with Crippen molar-refractivity contribution in [1.29, 1.82) is 0 Å². The Hall–Kier alpha value is -9.70. The Bertz CT molecular complexity index is 4730. The molecule has 2 heterocycles. The molecule has 0 radical (unpaired) electrons. The molecule has 0 fully saturated rings. The van der Waals surface area contributed by atoms with E-state index in [4.69, 9.17) is 8.22 Å². The van der Waals surface area contributed by atoms with Crippen LogP contribution in [0, 0.1) is 0 Å². The third-order valence-corrected chi connectivity index (χ3v) is 16.2. The zero-order chi connectivity index (χ0) is 63.3. The van der Waals surface area contributed by atoms with Crippen LogP contribution < -0.4 is 26.2 Å². The minimum absolute atomic E-state index is 0.0603. The quantitative estimate of drug-likeness (QED) is 0.119. The number of hydrogen-bond donors (Lipinski definition) is 0. The fourth-order valence-corrected chi connectivity index (χ4v) is 12.4. The van der Waals surface area contributed by atoms with Crippen molar-refractivity contribution in [3.63, 3.8) is 0 Å². The lowest BCUT2D eigenvalue weighted by atomic mass is 9.33. The molecular weight excluding hydrogens is 976 g/mol. The van der Waals surface area contributed by atoms with Crippen LogP contribution >= 0.6 is 0 Å². The summed E-state index contributed by atoms with van der Waals surface area (Å²) in [7, 11) is 0. The summed E-state index contributed by atoms with van der Waals surface area (Å²) in [5, 5.41) is 0. The Morgan fingerprint density at radius 3 is 1.20 bits per heavy atom. The number of para-hydroxylation sites is 2. The van der Waals surface area contributed by atoms with Crippen molar-refractivity contribution in [2.24, 2.45) is 0 Å². The summed E-state index contributed by atoms with van der Waals surface area (Å²) >= 11 is 0. The maximum atomic E-state index is 9.45. The van der Waals surface area contributed by atoms with E-state index in [2.05, 4.69) is 177 Å². The van der Waals surface area contributed by atoms with Gasteiger partial charge in [-0.1, -0.05) is 288 Å². The SMILES string of the molecule is [2H]c1c([2H])c([2H])c(-c2ccc3c(c2)B2c4ccc(-c5c([2H])c([2H])c([2H])c([2H])c5[2H])cc4N(c4c(-c5ccccc5)cccc4-c4ccccc4)c4cc(-c5ccc(C(C)C)cc5C(C)C)cc(c42)N3c2c(-c3ccccc3)cccc2-c2ccccc2)c([2H])c1[2H]. The first-order valence-corrected chi connectivity index (χ1v) is 27.8. The minimum Gasteiger partial charge on any atom is -0.310 e. The molecule has 3 heteroatoms. The Kier molecular flexibility index (Phi) is 10.2. The molecule has 0 amide bonds. The van der Waals surface area contributed by atoms with E-state index in [1.165, 1.54) is 11.1 Å². The van der Waals surface area contributed by atoms with Crippen LogP contribution in [0.4, 0.5) is 34.1 Å². The maximum Gasteiger partial charge on any atom is 0.252 e. The lowest BCUT2D eigenvalue weighted by molar-refractivity contribution is 0.835. The molecule has 0 saturated heterocycles. The summed E-state index contributed by atoms with van der Waals surface area (Å²) < 4.78 is 90.9. The van der Waals surface area contributed by atoms with Crippen LogP contribution in [0.15, 0.2) is 285 Å². The molecular formula is C78H61BN2. The Morgan fingerprint density at radius 1 is 0.309 bits per heavy atom. The first-order valence-electron chi connectivity index (χ1n) is 32.8. The highest BCUT2D eigenvalue weighted by Gasteiger charge is 2.45. The van der Waals surface area contributed by atoms with E-state index in [1.54, 1.807) is 0 Å². The standard InChI is InChI=1S/C78H61BN2/c1-52(2)60-41-44-64(69(47-60)53(3)4)63-50-74-76-75(51-63)81(78-67(58-33-19-9-20-34-58)39-24-40-68(78)59-35-21-10-22-36-59)73-49-62(55-27-13-6-14-28-55)42-45-70(73)79(76)71-48-61(54-25-11-5-12-26-54)43-46-72(71)80(74)77-65(56-29-15-7-16-30-56)37-23-38-66(77)57-31-17-8-18-32-57/h5-53H,1-4H3/i5D,6D,11D,12D,13D,14D,25D,26D,27D,28D. The van der Waals surface area contributed by atoms with Crippen LogP contribution in [0.5, 0.6) is 0 Å². The van der Waals surface area contributed by atoms with Crippen molar-refractivity contribution in [1.82, 2.24) is 0 Å². The predicted molar refractivity (Wildman–Crippen MR) is 347 cm³/mol. The fourth-order valence-electron chi connectivity index (χ4n) is 12.4. The second kappa shape index (κ2) is 20.8. The van der Waals surface area contributed by atoms with Crippen molar-refractivity contribution in [3.8, 4) is 77.9 Å². The highest BCUT2D eigenvalue weighted by Crippen LogP contribution is 2.54. The van der Waals surface area contributed by atoms with E-state index in [1.807, 2.05) is 84.9 Å². The van der Waals surface area contributed by atoms with Gasteiger partial charge in [0.1, 0.15) is 0 Å². The smallest absolute Gasteiger partial charge is 0.252 e. The number of rotatable bonds is 11. The van der Waals surface area contributed by atoms with Crippen molar-refractivity contribution >= 4 is 57.2 Å². The summed E-state index contributed by atoms with van der Waals surface area (Å²) in [4.78, 5) is 4.74. The topological polar surface area (TPSA) is 6.48 Å². The Morgan fingerprint density at radius 2 is 0.741 bits per heavy atom. The van der Waals surface area contributed by atoms with E-state index < -0.39 is 43.0 Å². The summed E-state index contributed by atoms with van der Waals surface area (Å²) in [6.07, 6.45) is 0. The second-order valence-electron chi connectivity index (χ2n) is 21.6. The molecule has 2 aliphatic heterocycles. The number of fused-ring (bicyclic) bond motifs is 4. The molecule has 0 atom stereocenters. The molecule has 0 bridgehead atoms. The molecule has 0 unspecified atom stereocenters. The first kappa shape index (κ1) is 39.6. The second-order valence-corrected chi connectivity index (χ2v) is 21.6. The summed E-state index contributed by atoms with van der Waals surface area (Å²) in [6, 6.07) is 73.6. The average Bonchev–Trinajstić information content (AvgIpc) is 0.713. The zero-order valence-electron chi connectivity index (χ0n) is 55.5. The third-order valence-electron chi connectivity index (χ3n) is 16.2. The zero-order valence-corrected chi connectivity index (χ0v) is 45.5. The van der Waals surface area contributed by atoms with Crippen molar-refractivity contribution in [2.45, 2.75) is 39.5 Å². The van der Waals surface area contributed by atoms with Crippen molar-refractivity contribution < 1.29 is 13.7 Å². The molecule has 2 aliphatic rings. The van der Waals surface area contributed by atoms with Gasteiger partial charge in [-0.05, 0) is 119 Å². The van der Waals surface area contributed by atoms with Crippen molar-refractivity contribution in [3.05, 3.63) is 296 Å². The molecule has 386 valence electrons. The minimum atomic E-state index is -0.642. The molecule has 12 aromatic carbocycles. The fraction of sp³-hybridized carbons (Fsp3) is 0.0769. The molecule has 0 aromatic heterocycles. The first-order chi connectivity index (χ1) is 44.0. The van der Waals surface area contributed by atoms with Gasteiger partial charge >= 0.3 is 0 Å². The number of anilines is 6. The molecule has 14 rings (SSSR count). The Balaban J connectivity index is 1.21. The number of nitrogens with zero attached hydrogens (tertiary/aromatic N) is 2. The summed E-state index contributed by atoms with van der Waals surface area (Å²) in [6.45, 7) is 8.28. The van der Waals surface area contributed by atoms with Crippen LogP contribution in [0.25, 0.3) is 77.9 Å². The molecule has 0 spiro atoms. The third kappa shape index (κ3) is 8.78. The van der Waals surface area contributed by atoms with E-state index in [0.29, 0.717) is 16.8 Å². The van der Waals surface area contributed by atoms with Gasteiger partial charge in [0.05, 0.1) is 25.1 Å². The van der Waals surface area contributed by atoms with Crippen LogP contribution in [-0.4, -0.2) is 6.71 Å². The van der Waals surface area contributed by atoms with Crippen LogP contribution in [-0.2, 0) is 0 Å². The highest BCUT2D eigenvalue weighted by molar-refractivity contribution is 7.00. The summed E-state index contributed by atoms with van der Waals surface area (Å²) in [5.41, 5.74) is 20.5. The van der Waals surface area contributed by atoms with Gasteiger partial charge in [-0.15, -0.1) is 0 Å². The van der Waals surface area contributed by atoms with E-state index in [0.717, 1.165) is 100 Å². The van der Waals surface area contributed by atoms with E-state index in [-0.39, 0.29) is 47.1 Å². The largest absolute Gasteiger partial charge is 0.310 e. The monoisotopic (exact) mass is 1050 g/mol. The molecule has 0 saturated carbocycles. The Labute approximate surface area is 492 Å². The van der Waals surface area contributed by atoms with Gasteiger partial charge in [-0.25, -0.2) is 0 Å². The molecule has 12 aromatic rings. The van der Waals surface area contributed by atoms with Crippen LogP contribution in [0.3, 0.4) is 0 Å². The lowest BCUT2D eigenvalue weighted by Crippen LogP contribution is -2.61. The van der Waals surface area contributed by atoms with Crippen LogP contribution in [0.2, 0.25) is 0 Å². The van der Waals surface area contributed by atoms with Gasteiger partial charge in [0, 0.05) is 45.0 Å². The van der Waals surface area contributed by atoms with E-state index in [9.17, 15) is 5.48 Å². The summed E-state index contributed by atoms with van der Waals surface area (Å²) in [5.74, 6) is 0.367. The van der Waals surface area contributed by atoms with Gasteiger partial charge in [-0.2, -0.15) is 0 Å². The average molecular weight is 1050 g/mol. The number of hydrogen-bond acceptors (Lipinski definition) is 2. The molecule has 0 aliphatic carbocycles. The molecule has 81 heavy (non-hydrogen) atoms. The molecule has 0 N–H and O–H groups in total. The van der Waals surface area contributed by atoms with Crippen molar-refractivity contribution in [2.75, 3.05) is 9.80 Å². The molecule has 2 nitrogen and oxygen atoms in total. The van der Waals surface area contributed by atoms with Gasteiger partial charge in [0.25, 0.3) is 6.71 Å². The van der Waals surface area contributed by atoms with Crippen LogP contribution in [0.1, 0.15) is 64.4 Å². The van der Waals surface area contributed by atoms with Gasteiger partial charge in [0.2, 0.25) is 0 Å². The number of benzene rings is 12. The lowest BCUT2D eigenvalue weighted by Gasteiger charge is -2.46.